The Morgan fingerprint density at radius 3 is 2.48 bits per heavy atom. The van der Waals surface area contributed by atoms with E-state index in [-0.39, 0.29) is 76.6 Å². The Labute approximate surface area is 488 Å². The van der Waals surface area contributed by atoms with Crippen LogP contribution in [0.2, 0.25) is 5.02 Å². The van der Waals surface area contributed by atoms with E-state index in [9.17, 15) is 43.8 Å². The van der Waals surface area contributed by atoms with Crippen molar-refractivity contribution in [2.75, 3.05) is 80.3 Å². The summed E-state index contributed by atoms with van der Waals surface area (Å²) in [7, 11) is 9.54. The highest BCUT2D eigenvalue weighted by atomic mass is 35.5. The summed E-state index contributed by atoms with van der Waals surface area (Å²) in [6, 6.07) is 7.05. The number of aliphatic hydroxyl groups is 1. The maximum absolute atomic E-state index is 14.4. The molecule has 5 heterocycles. The van der Waals surface area contributed by atoms with Crippen LogP contribution in [0.15, 0.2) is 60.3 Å². The molecular formula is C57H80ClN9O16. The number of nitrogens with zero attached hydrogens (tertiary/aromatic N) is 5. The Balaban J connectivity index is 1.00. The van der Waals surface area contributed by atoms with E-state index in [1.54, 1.807) is 58.4 Å². The van der Waals surface area contributed by atoms with Crippen LogP contribution in [-0.4, -0.2) is 195 Å². The number of nitrogens with one attached hydrogen (secondary N) is 4. The average molecular weight is 1180 g/mol. The number of aliphatic carboxylic acids is 1. The molecule has 2 fully saturated rings. The van der Waals surface area contributed by atoms with Crippen molar-refractivity contribution in [3.8, 4) is 5.75 Å². The molecule has 6 rings (SSSR count). The van der Waals surface area contributed by atoms with Crippen LogP contribution in [0, 0.1) is 5.92 Å². The lowest BCUT2D eigenvalue weighted by Crippen LogP contribution is -2.63. The molecule has 25 nitrogen and oxygen atoms in total. The Bertz CT molecular complexity index is 2870. The molecule has 5 amide bonds. The van der Waals surface area contributed by atoms with Gasteiger partial charge < -0.3 is 68.4 Å². The second-order valence-corrected chi connectivity index (χ2v) is 21.6. The van der Waals surface area contributed by atoms with Gasteiger partial charge in [-0.05, 0) is 76.6 Å². The lowest BCUT2D eigenvalue weighted by Gasteiger charge is -2.42. The van der Waals surface area contributed by atoms with Crippen LogP contribution < -0.4 is 31.0 Å². The van der Waals surface area contributed by atoms with Gasteiger partial charge in [0.05, 0.1) is 64.7 Å². The van der Waals surface area contributed by atoms with Gasteiger partial charge in [0.1, 0.15) is 52.4 Å². The molecule has 0 aliphatic carbocycles. The number of alkyl carbamates (subject to hydrolysis) is 1. The number of allylic oxidation sites excluding steroid dienone is 3. The number of likely N-dealkylation sites (N-methyl/N-ethyl adjacent to an activating group) is 1. The van der Waals surface area contributed by atoms with Gasteiger partial charge in [-0.1, -0.05) is 42.3 Å². The number of hydrogen-bond donors (Lipinski definition) is 6. The van der Waals surface area contributed by atoms with Crippen LogP contribution in [0.25, 0.3) is 11.0 Å². The van der Waals surface area contributed by atoms with E-state index in [2.05, 4.69) is 26.4 Å². The quantitative estimate of drug-likeness (QED) is 0.0307. The maximum atomic E-state index is 14.4. The number of hydrazine groups is 1. The number of pyridine rings is 1. The van der Waals surface area contributed by atoms with E-state index >= 15 is 0 Å². The molecule has 3 aromatic rings. The van der Waals surface area contributed by atoms with Gasteiger partial charge in [-0.2, -0.15) is 0 Å². The first-order valence-corrected chi connectivity index (χ1v) is 27.9. The third-order valence-electron chi connectivity index (χ3n) is 15.3. The van der Waals surface area contributed by atoms with Crippen molar-refractivity contribution in [1.29, 1.82) is 0 Å². The number of methoxy groups -OCH3 is 2. The topological polar surface area (TPSA) is 304 Å². The molecule has 4 bridgehead atoms. The van der Waals surface area contributed by atoms with E-state index in [1.807, 2.05) is 47.8 Å². The van der Waals surface area contributed by atoms with Crippen LogP contribution in [0.3, 0.4) is 0 Å². The lowest BCUT2D eigenvalue weighted by atomic mass is 9.83. The number of epoxide rings is 1. The number of aromatic nitrogens is 2. The van der Waals surface area contributed by atoms with Crippen molar-refractivity contribution in [2.24, 2.45) is 5.92 Å². The van der Waals surface area contributed by atoms with Crippen molar-refractivity contribution in [3.63, 3.8) is 0 Å². The molecule has 0 saturated carbocycles. The van der Waals surface area contributed by atoms with Crippen molar-refractivity contribution >= 4 is 70.0 Å². The Morgan fingerprint density at radius 2 is 1.78 bits per heavy atom. The van der Waals surface area contributed by atoms with Gasteiger partial charge in [-0.15, -0.1) is 0 Å². The molecule has 0 spiro atoms. The number of carboxylic acids is 1. The number of halogens is 1. The minimum absolute atomic E-state index is 0.00941. The number of rotatable bonds is 25. The van der Waals surface area contributed by atoms with Crippen molar-refractivity contribution in [2.45, 2.75) is 134 Å². The van der Waals surface area contributed by atoms with Gasteiger partial charge in [-0.3, -0.25) is 34.7 Å². The van der Waals surface area contributed by atoms with E-state index < -0.39 is 102 Å². The van der Waals surface area contributed by atoms with Gasteiger partial charge in [0.15, 0.2) is 5.72 Å². The number of benzene rings is 1. The van der Waals surface area contributed by atoms with Gasteiger partial charge >= 0.3 is 18.0 Å². The Hall–Kier alpha value is -6.71. The fourth-order valence-corrected chi connectivity index (χ4v) is 10.4. The number of carbonyl (C=O) groups excluding carboxylic acids is 6. The SMILES string of the molecule is CNN(C)Cc1cc2cccnc2n1CCC(=O)N[C@@H](CCC(=O)O)C(=O)NCCOCCOCCC(=O)N(C)[C@@H](C)C(=O)O[C@H]1CC(=O)N(C)c2cc(cc(OC)c2Cl)C/C(C)=C/C=C/[C@@H](OC)[C@@]2(O)C[C@H](OC(=O)N2)[C@@H](C)C2O[C@]21C. The van der Waals surface area contributed by atoms with E-state index in [4.69, 9.17) is 44.8 Å². The molecule has 0 radical (unpaired) electrons. The Kier molecular flexibility index (Phi) is 23.4. The fraction of sp³-hybridized carbons (Fsp3) is 0.579. The molecule has 456 valence electrons. The second kappa shape index (κ2) is 29.7. The first-order valence-electron chi connectivity index (χ1n) is 27.5. The number of ether oxygens (including phenoxy) is 7. The summed E-state index contributed by atoms with van der Waals surface area (Å²) in [5.74, 6) is -4.17. The zero-order valence-corrected chi connectivity index (χ0v) is 49.6. The predicted octanol–water partition coefficient (Wildman–Crippen LogP) is 3.41. The number of anilines is 1. The molecule has 9 atom stereocenters. The fourth-order valence-electron chi connectivity index (χ4n) is 10.1. The number of carboxylic acid groups (broad SMARTS) is 1. The molecule has 3 aliphatic heterocycles. The first-order chi connectivity index (χ1) is 39.4. The summed E-state index contributed by atoms with van der Waals surface area (Å²) in [5.41, 5.74) is 3.49. The summed E-state index contributed by atoms with van der Waals surface area (Å²) >= 11 is 6.82. The van der Waals surface area contributed by atoms with Gasteiger partial charge in [0.25, 0.3) is 0 Å². The molecule has 1 unspecified atom stereocenters. The number of fused-ring (bicyclic) bond motifs is 6. The smallest absolute Gasteiger partial charge is 0.409 e. The largest absolute Gasteiger partial charge is 0.495 e. The summed E-state index contributed by atoms with van der Waals surface area (Å²) in [4.78, 5) is 99.7. The van der Waals surface area contributed by atoms with Crippen LogP contribution >= 0.6 is 11.6 Å². The second-order valence-electron chi connectivity index (χ2n) is 21.3. The van der Waals surface area contributed by atoms with Crippen molar-refractivity contribution in [1.82, 2.24) is 40.8 Å². The van der Waals surface area contributed by atoms with E-state index in [0.29, 0.717) is 30.0 Å². The molecule has 1 aromatic carbocycles. The molecule has 26 heteroatoms. The zero-order chi connectivity index (χ0) is 60.8. The number of hydrogen-bond acceptors (Lipinski definition) is 18. The minimum atomic E-state index is -1.89. The monoisotopic (exact) mass is 1180 g/mol. The van der Waals surface area contributed by atoms with E-state index in [0.717, 1.165) is 22.2 Å². The zero-order valence-electron chi connectivity index (χ0n) is 48.9. The van der Waals surface area contributed by atoms with Crippen LogP contribution in [0.4, 0.5) is 10.5 Å². The number of aryl methyl sites for hydroxylation is 1. The normalized spacial score (nSPS) is 24.5. The first kappa shape index (κ1) is 65.4. The average Bonchev–Trinajstić information content (AvgIpc) is 2.27. The summed E-state index contributed by atoms with van der Waals surface area (Å²) < 4.78 is 42.6. The lowest BCUT2D eigenvalue weighted by molar-refractivity contribution is -0.162. The maximum Gasteiger partial charge on any atom is 0.409 e. The summed E-state index contributed by atoms with van der Waals surface area (Å²) in [5, 5.41) is 32.1. The third kappa shape index (κ3) is 17.2. The molecule has 6 N–H and O–H groups in total. The van der Waals surface area contributed by atoms with Crippen LogP contribution in [-0.2, 0) is 76.7 Å². The van der Waals surface area contributed by atoms with Crippen LogP contribution in [0.1, 0.15) is 77.5 Å². The van der Waals surface area contributed by atoms with Crippen molar-refractivity contribution < 1.29 is 76.9 Å². The van der Waals surface area contributed by atoms with E-state index in [1.165, 1.54) is 38.0 Å². The number of amides is 5. The summed E-state index contributed by atoms with van der Waals surface area (Å²) in [6.07, 6.45) is 1.43. The minimum Gasteiger partial charge on any atom is -0.495 e. The molecule has 3 aliphatic rings. The Morgan fingerprint density at radius 1 is 1.05 bits per heavy atom. The van der Waals surface area contributed by atoms with Crippen LogP contribution in [0.5, 0.6) is 5.75 Å². The molecule has 2 saturated heterocycles. The van der Waals surface area contributed by atoms with Gasteiger partial charge in [-0.25, -0.2) is 19.6 Å². The molecule has 83 heavy (non-hydrogen) atoms. The highest BCUT2D eigenvalue weighted by Crippen LogP contribution is 2.49. The molecule has 2 aromatic heterocycles. The predicted molar refractivity (Wildman–Crippen MR) is 304 cm³/mol. The van der Waals surface area contributed by atoms with Gasteiger partial charge in [0, 0.05) is 83.8 Å². The molecular weight excluding hydrogens is 1100 g/mol. The number of carbonyl (C=O) groups is 7. The summed E-state index contributed by atoms with van der Waals surface area (Å²) in [6.45, 7) is 7.90. The standard InChI is InChI=1S/C57H80ClN9O16/c1-34-13-11-15-44(78-10)57(76)32-43(81-55(75)63-57)35(2)51-56(4,83-51)45(31-48(70)66(8)41-28-37(27-34)29-42(77-9)50(41)58)82-54(74)36(3)65(7)47(69)19-23-79-25-26-80-24-21-61-53(73)40(16-17-49(71)72)62-46(68)18-22-67-39(33-64(6)59-5)30-38-14-12-20-60-52(38)67/h11-15,20,28-30,35-36,40,43-45,51,59,76H,16-19,21-27,31-33H2,1-10H3,(H,61,73)(H,62,68)(H,63,75)(H,71,72)/b15-11+,34-13+/t35-,36+,40+,43+,44-,45+,51?,56+,57+/m1/s1. The third-order valence-corrected chi connectivity index (χ3v) is 15.7. The number of esters is 1. The highest BCUT2D eigenvalue weighted by molar-refractivity contribution is 6.35. The van der Waals surface area contributed by atoms with Crippen molar-refractivity contribution in [3.05, 3.63) is 76.6 Å². The highest BCUT2D eigenvalue weighted by Gasteiger charge is 2.64. The van der Waals surface area contributed by atoms with Gasteiger partial charge in [0.2, 0.25) is 23.6 Å².